The van der Waals surface area contributed by atoms with E-state index >= 15 is 0 Å². The Morgan fingerprint density at radius 1 is 0.657 bits per heavy atom. The highest BCUT2D eigenvalue weighted by Gasteiger charge is 2.23. The number of ether oxygens (including phenoxy) is 1. The number of carboxylic acids is 1. The molecule has 2 aliphatic rings. The number of hydrogen-bond acceptors (Lipinski definition) is 5. The molecule has 0 aliphatic carbocycles. The molecule has 1 N–H and O–H groups in total. The van der Waals surface area contributed by atoms with Gasteiger partial charge in [0, 0.05) is 56.3 Å². The topological polar surface area (TPSA) is 56.2 Å². The van der Waals surface area contributed by atoms with Gasteiger partial charge < -0.3 is 24.5 Å². The van der Waals surface area contributed by atoms with E-state index in [0.29, 0.717) is 5.56 Å². The third-order valence-corrected chi connectivity index (χ3v) is 6.98. The van der Waals surface area contributed by atoms with E-state index in [1.807, 2.05) is 12.1 Å². The van der Waals surface area contributed by atoms with E-state index in [-0.39, 0.29) is 12.2 Å². The van der Waals surface area contributed by atoms with Crippen LogP contribution in [0.15, 0.2) is 72.8 Å². The summed E-state index contributed by atoms with van der Waals surface area (Å²) < 4.78 is 5.87. The second-order valence-electron chi connectivity index (χ2n) is 9.58. The maximum Gasteiger partial charge on any atom is 0.335 e. The average Bonchev–Trinajstić information content (AvgIpc) is 2.88. The molecule has 2 atom stereocenters. The first-order chi connectivity index (χ1) is 17.0. The lowest BCUT2D eigenvalue weighted by atomic mass is 10.0. The van der Waals surface area contributed by atoms with Crippen molar-refractivity contribution in [3.63, 3.8) is 0 Å². The monoisotopic (exact) mass is 471 g/mol. The second kappa shape index (κ2) is 10.0. The van der Waals surface area contributed by atoms with Crippen LogP contribution in [0.4, 0.5) is 17.1 Å². The molecule has 5 rings (SSSR count). The third-order valence-electron chi connectivity index (χ3n) is 6.98. The fraction of sp³-hybridized carbons (Fsp3) is 0.345. The zero-order valence-corrected chi connectivity index (χ0v) is 20.4. The third kappa shape index (κ3) is 5.28. The number of rotatable bonds is 5. The highest BCUT2D eigenvalue weighted by Crippen LogP contribution is 2.27. The number of aromatic carboxylic acids is 1. The van der Waals surface area contributed by atoms with Gasteiger partial charge in [0.15, 0.2) is 0 Å². The molecule has 0 saturated carbocycles. The van der Waals surface area contributed by atoms with Crippen LogP contribution >= 0.6 is 0 Å². The van der Waals surface area contributed by atoms with Gasteiger partial charge in [0.25, 0.3) is 0 Å². The highest BCUT2D eigenvalue weighted by molar-refractivity contribution is 5.88. The predicted octanol–water partition coefficient (Wildman–Crippen LogP) is 4.99. The Hall–Kier alpha value is -3.51. The van der Waals surface area contributed by atoms with Gasteiger partial charge in [-0.05, 0) is 73.5 Å². The Morgan fingerprint density at radius 3 is 1.46 bits per heavy atom. The van der Waals surface area contributed by atoms with Gasteiger partial charge in [-0.2, -0.15) is 0 Å². The van der Waals surface area contributed by atoms with Crippen LogP contribution in [-0.2, 0) is 4.74 Å². The van der Waals surface area contributed by atoms with E-state index < -0.39 is 5.97 Å². The SMILES string of the molecule is CC1CN(c2ccc(N3CCN(c4ccc(-c5ccc(C(=O)O)cc5)cc4)CC3)cc2)CC(C)O1. The van der Waals surface area contributed by atoms with Crippen molar-refractivity contribution >= 4 is 23.0 Å². The van der Waals surface area contributed by atoms with E-state index in [1.54, 1.807) is 12.1 Å². The molecule has 0 spiro atoms. The summed E-state index contributed by atoms with van der Waals surface area (Å²) in [7, 11) is 0. The number of morpholine rings is 1. The van der Waals surface area contributed by atoms with Crippen LogP contribution in [0.25, 0.3) is 11.1 Å². The standard InChI is InChI=1S/C29H33N3O3/c1-21-19-32(20-22(2)35-21)28-13-11-27(12-14-28)31-17-15-30(16-18-31)26-9-7-24(8-10-26)23-3-5-25(6-4-23)29(33)34/h3-14,21-22H,15-20H2,1-2H3,(H,33,34). The fourth-order valence-corrected chi connectivity index (χ4v) is 5.16. The average molecular weight is 472 g/mol. The maximum atomic E-state index is 11.1. The van der Waals surface area contributed by atoms with E-state index in [4.69, 9.17) is 9.84 Å². The molecule has 2 heterocycles. The van der Waals surface area contributed by atoms with Gasteiger partial charge in [-0.1, -0.05) is 24.3 Å². The quantitative estimate of drug-likeness (QED) is 0.566. The van der Waals surface area contributed by atoms with Crippen LogP contribution in [0, 0.1) is 0 Å². The molecular formula is C29H33N3O3. The lowest BCUT2D eigenvalue weighted by Gasteiger charge is -2.38. The fourth-order valence-electron chi connectivity index (χ4n) is 5.16. The molecule has 0 amide bonds. The van der Waals surface area contributed by atoms with Crippen molar-refractivity contribution in [3.8, 4) is 11.1 Å². The van der Waals surface area contributed by atoms with Crippen LogP contribution in [0.5, 0.6) is 0 Å². The molecule has 3 aromatic carbocycles. The Kier molecular flexibility index (Phi) is 6.64. The molecule has 3 aromatic rings. The van der Waals surface area contributed by atoms with Crippen molar-refractivity contribution < 1.29 is 14.6 Å². The molecule has 0 aromatic heterocycles. The van der Waals surface area contributed by atoms with Crippen LogP contribution in [-0.4, -0.2) is 62.6 Å². The molecule has 0 radical (unpaired) electrons. The molecule has 6 nitrogen and oxygen atoms in total. The number of hydrogen-bond donors (Lipinski definition) is 1. The van der Waals surface area contributed by atoms with Gasteiger partial charge >= 0.3 is 5.97 Å². The van der Waals surface area contributed by atoms with Crippen LogP contribution in [0.2, 0.25) is 0 Å². The minimum Gasteiger partial charge on any atom is -0.478 e. The molecule has 35 heavy (non-hydrogen) atoms. The number of anilines is 3. The van der Waals surface area contributed by atoms with E-state index in [9.17, 15) is 4.79 Å². The Morgan fingerprint density at radius 2 is 1.03 bits per heavy atom. The van der Waals surface area contributed by atoms with Crippen molar-refractivity contribution in [3.05, 3.63) is 78.4 Å². The number of carboxylic acid groups (broad SMARTS) is 1. The lowest BCUT2D eigenvalue weighted by Crippen LogP contribution is -2.46. The van der Waals surface area contributed by atoms with Crippen molar-refractivity contribution in [2.75, 3.05) is 54.0 Å². The van der Waals surface area contributed by atoms with Crippen LogP contribution in [0.1, 0.15) is 24.2 Å². The molecule has 2 fully saturated rings. The minimum atomic E-state index is -0.900. The maximum absolute atomic E-state index is 11.1. The molecule has 2 saturated heterocycles. The molecule has 0 bridgehead atoms. The first-order valence-corrected chi connectivity index (χ1v) is 12.4. The second-order valence-corrected chi connectivity index (χ2v) is 9.58. The van der Waals surface area contributed by atoms with Crippen molar-refractivity contribution in [2.24, 2.45) is 0 Å². The number of nitrogens with zero attached hydrogens (tertiary/aromatic N) is 3. The van der Waals surface area contributed by atoms with E-state index in [0.717, 1.165) is 50.4 Å². The van der Waals surface area contributed by atoms with Crippen molar-refractivity contribution in [2.45, 2.75) is 26.1 Å². The first kappa shape index (κ1) is 23.2. The van der Waals surface area contributed by atoms with E-state index in [2.05, 4.69) is 77.1 Å². The van der Waals surface area contributed by atoms with E-state index in [1.165, 1.54) is 17.1 Å². The summed E-state index contributed by atoms with van der Waals surface area (Å²) in [5.74, 6) is -0.900. The number of benzene rings is 3. The summed E-state index contributed by atoms with van der Waals surface area (Å²) in [6.45, 7) is 10.1. The summed E-state index contributed by atoms with van der Waals surface area (Å²) in [4.78, 5) is 18.4. The summed E-state index contributed by atoms with van der Waals surface area (Å²) in [6.07, 6.45) is 0.524. The smallest absolute Gasteiger partial charge is 0.335 e. The summed E-state index contributed by atoms with van der Waals surface area (Å²) in [5, 5.41) is 9.09. The zero-order chi connectivity index (χ0) is 24.4. The largest absolute Gasteiger partial charge is 0.478 e. The van der Waals surface area contributed by atoms with Gasteiger partial charge in [0.2, 0.25) is 0 Å². The molecule has 6 heteroatoms. The molecular weight excluding hydrogens is 438 g/mol. The lowest BCUT2D eigenvalue weighted by molar-refractivity contribution is -0.00522. The first-order valence-electron chi connectivity index (χ1n) is 12.4. The molecule has 2 aliphatic heterocycles. The van der Waals surface area contributed by atoms with Crippen molar-refractivity contribution in [1.82, 2.24) is 0 Å². The normalized spacial score (nSPS) is 20.7. The minimum absolute atomic E-state index is 0.262. The summed E-state index contributed by atoms with van der Waals surface area (Å²) in [5.41, 5.74) is 6.20. The van der Waals surface area contributed by atoms with Gasteiger partial charge in [-0.3, -0.25) is 0 Å². The van der Waals surface area contributed by atoms with Gasteiger partial charge in [0.1, 0.15) is 0 Å². The number of carbonyl (C=O) groups is 1. The Bertz CT molecular complexity index is 1130. The predicted molar refractivity (Wildman–Crippen MR) is 142 cm³/mol. The Labute approximate surface area is 207 Å². The van der Waals surface area contributed by atoms with Crippen LogP contribution < -0.4 is 14.7 Å². The number of piperazine rings is 1. The molecule has 2 unspecified atom stereocenters. The summed E-state index contributed by atoms with van der Waals surface area (Å²) in [6, 6.07) is 24.6. The molecule has 182 valence electrons. The van der Waals surface area contributed by atoms with Gasteiger partial charge in [-0.25, -0.2) is 4.79 Å². The van der Waals surface area contributed by atoms with Crippen LogP contribution in [0.3, 0.4) is 0 Å². The Balaban J connectivity index is 1.18. The van der Waals surface area contributed by atoms with Gasteiger partial charge in [0.05, 0.1) is 17.8 Å². The van der Waals surface area contributed by atoms with Gasteiger partial charge in [-0.15, -0.1) is 0 Å². The van der Waals surface area contributed by atoms with Crippen molar-refractivity contribution in [1.29, 1.82) is 0 Å². The highest BCUT2D eigenvalue weighted by atomic mass is 16.5. The zero-order valence-electron chi connectivity index (χ0n) is 20.4. The summed E-state index contributed by atoms with van der Waals surface area (Å²) >= 11 is 0.